The highest BCUT2D eigenvalue weighted by Crippen LogP contribution is 2.26. The number of nitrogens with one attached hydrogen (secondary N) is 1. The third kappa shape index (κ3) is 3.59. The highest BCUT2D eigenvalue weighted by Gasteiger charge is 2.14. The molecule has 2 aromatic rings. The SMILES string of the molecule is COCc1ccccc1CNc1ccc(C#N)cc1[N+](=O)[O-]. The number of ether oxygens (including phenoxy) is 1. The summed E-state index contributed by atoms with van der Waals surface area (Å²) >= 11 is 0. The van der Waals surface area contributed by atoms with Gasteiger partial charge >= 0.3 is 0 Å². The van der Waals surface area contributed by atoms with Crippen molar-refractivity contribution >= 4 is 11.4 Å². The van der Waals surface area contributed by atoms with E-state index in [4.69, 9.17) is 10.00 Å². The fraction of sp³-hybridized carbons (Fsp3) is 0.188. The molecule has 0 aliphatic rings. The van der Waals surface area contributed by atoms with Gasteiger partial charge in [0.2, 0.25) is 0 Å². The number of rotatable bonds is 6. The molecule has 0 saturated carbocycles. The largest absolute Gasteiger partial charge is 0.380 e. The average molecular weight is 297 g/mol. The Bertz CT molecular complexity index is 723. The molecule has 2 rings (SSSR count). The Morgan fingerprint density at radius 3 is 2.64 bits per heavy atom. The topological polar surface area (TPSA) is 88.2 Å². The second kappa shape index (κ2) is 7.20. The summed E-state index contributed by atoms with van der Waals surface area (Å²) in [7, 11) is 1.62. The molecule has 22 heavy (non-hydrogen) atoms. The maximum atomic E-state index is 11.1. The van der Waals surface area contributed by atoms with Crippen LogP contribution in [0.25, 0.3) is 0 Å². The van der Waals surface area contributed by atoms with E-state index < -0.39 is 4.92 Å². The van der Waals surface area contributed by atoms with E-state index in [1.165, 1.54) is 6.07 Å². The van der Waals surface area contributed by atoms with Crippen molar-refractivity contribution < 1.29 is 9.66 Å². The quantitative estimate of drug-likeness (QED) is 0.653. The van der Waals surface area contributed by atoms with Crippen molar-refractivity contribution in [2.75, 3.05) is 12.4 Å². The molecule has 0 fully saturated rings. The molecule has 0 aromatic heterocycles. The first kappa shape index (κ1) is 15.5. The fourth-order valence-corrected chi connectivity index (χ4v) is 2.12. The normalized spacial score (nSPS) is 10.0. The zero-order valence-electron chi connectivity index (χ0n) is 12.1. The maximum Gasteiger partial charge on any atom is 0.293 e. The molecular weight excluding hydrogens is 282 g/mol. The molecule has 0 aliphatic carbocycles. The van der Waals surface area contributed by atoms with Crippen molar-refractivity contribution in [1.29, 1.82) is 5.26 Å². The van der Waals surface area contributed by atoms with Crippen molar-refractivity contribution in [3.8, 4) is 6.07 Å². The predicted octanol–water partition coefficient (Wildman–Crippen LogP) is 3.22. The molecule has 0 amide bonds. The molecule has 0 atom stereocenters. The lowest BCUT2D eigenvalue weighted by molar-refractivity contribution is -0.384. The summed E-state index contributed by atoms with van der Waals surface area (Å²) in [6.07, 6.45) is 0. The van der Waals surface area contributed by atoms with E-state index in [2.05, 4.69) is 5.32 Å². The first-order chi connectivity index (χ1) is 10.7. The lowest BCUT2D eigenvalue weighted by atomic mass is 10.1. The van der Waals surface area contributed by atoms with Gasteiger partial charge in [-0.1, -0.05) is 24.3 Å². The number of nitriles is 1. The number of methoxy groups -OCH3 is 1. The highest BCUT2D eigenvalue weighted by atomic mass is 16.6. The van der Waals surface area contributed by atoms with E-state index in [0.717, 1.165) is 11.1 Å². The van der Waals surface area contributed by atoms with Crippen LogP contribution in [0.3, 0.4) is 0 Å². The summed E-state index contributed by atoms with van der Waals surface area (Å²) in [4.78, 5) is 10.6. The van der Waals surface area contributed by atoms with E-state index in [0.29, 0.717) is 18.8 Å². The third-order valence-corrected chi connectivity index (χ3v) is 3.21. The summed E-state index contributed by atoms with van der Waals surface area (Å²) in [5, 5.41) is 23.0. The number of nitrogens with zero attached hydrogens (tertiary/aromatic N) is 2. The number of nitro benzene ring substituents is 1. The van der Waals surface area contributed by atoms with Crippen molar-refractivity contribution in [1.82, 2.24) is 0 Å². The first-order valence-electron chi connectivity index (χ1n) is 6.64. The lowest BCUT2D eigenvalue weighted by Crippen LogP contribution is -2.05. The Morgan fingerprint density at radius 1 is 1.27 bits per heavy atom. The minimum atomic E-state index is -0.496. The molecule has 0 saturated heterocycles. The van der Waals surface area contributed by atoms with Gasteiger partial charge in [0.25, 0.3) is 5.69 Å². The fourth-order valence-electron chi connectivity index (χ4n) is 2.12. The van der Waals surface area contributed by atoms with E-state index >= 15 is 0 Å². The Balaban J connectivity index is 2.22. The minimum absolute atomic E-state index is 0.108. The monoisotopic (exact) mass is 297 g/mol. The second-order valence-corrected chi connectivity index (χ2v) is 4.66. The molecule has 0 radical (unpaired) electrons. The summed E-state index contributed by atoms with van der Waals surface area (Å²) in [5.74, 6) is 0. The number of hydrogen-bond donors (Lipinski definition) is 1. The van der Waals surface area contributed by atoms with Gasteiger partial charge in [0.05, 0.1) is 23.2 Å². The van der Waals surface area contributed by atoms with Gasteiger partial charge < -0.3 is 10.1 Å². The Labute approximate surface area is 128 Å². The van der Waals surface area contributed by atoms with Gasteiger partial charge in [-0.15, -0.1) is 0 Å². The molecule has 0 bridgehead atoms. The molecule has 6 nitrogen and oxygen atoms in total. The summed E-state index contributed by atoms with van der Waals surface area (Å²) in [6, 6.07) is 14.0. The molecule has 0 heterocycles. The van der Waals surface area contributed by atoms with Crippen LogP contribution in [-0.2, 0) is 17.9 Å². The second-order valence-electron chi connectivity index (χ2n) is 4.66. The number of benzene rings is 2. The minimum Gasteiger partial charge on any atom is -0.380 e. The molecule has 1 N–H and O–H groups in total. The van der Waals surface area contributed by atoms with Gasteiger partial charge in [-0.05, 0) is 23.3 Å². The summed E-state index contributed by atoms with van der Waals surface area (Å²) in [5.41, 5.74) is 2.56. The van der Waals surface area contributed by atoms with E-state index in [1.54, 1.807) is 19.2 Å². The van der Waals surface area contributed by atoms with Crippen LogP contribution in [0.4, 0.5) is 11.4 Å². The lowest BCUT2D eigenvalue weighted by Gasteiger charge is -2.11. The average Bonchev–Trinajstić information content (AvgIpc) is 2.54. The maximum absolute atomic E-state index is 11.1. The standard InChI is InChI=1S/C16H15N3O3/c1-22-11-14-5-3-2-4-13(14)10-18-15-7-6-12(9-17)8-16(15)19(20)21/h2-8,18H,10-11H2,1H3. The van der Waals surface area contributed by atoms with Crippen LogP contribution in [0.5, 0.6) is 0 Å². The number of anilines is 1. The summed E-state index contributed by atoms with van der Waals surface area (Å²) < 4.78 is 5.14. The summed E-state index contributed by atoms with van der Waals surface area (Å²) in [6.45, 7) is 0.916. The van der Waals surface area contributed by atoms with E-state index in [9.17, 15) is 10.1 Å². The van der Waals surface area contributed by atoms with Crippen LogP contribution in [0.2, 0.25) is 0 Å². The Hall–Kier alpha value is -2.91. The molecule has 2 aromatic carbocycles. The van der Waals surface area contributed by atoms with Crippen LogP contribution >= 0.6 is 0 Å². The van der Waals surface area contributed by atoms with Crippen LogP contribution < -0.4 is 5.32 Å². The van der Waals surface area contributed by atoms with Gasteiger partial charge in [-0.3, -0.25) is 10.1 Å². The Morgan fingerprint density at radius 2 is 2.00 bits per heavy atom. The molecule has 0 aliphatic heterocycles. The van der Waals surface area contributed by atoms with Gasteiger partial charge in [0.1, 0.15) is 5.69 Å². The van der Waals surface area contributed by atoms with Crippen molar-refractivity contribution in [2.24, 2.45) is 0 Å². The molecule has 0 unspecified atom stereocenters. The van der Waals surface area contributed by atoms with Crippen LogP contribution in [0.1, 0.15) is 16.7 Å². The van der Waals surface area contributed by atoms with Gasteiger partial charge in [0, 0.05) is 19.7 Å². The van der Waals surface area contributed by atoms with Gasteiger partial charge in [-0.2, -0.15) is 5.26 Å². The zero-order chi connectivity index (χ0) is 15.9. The molecule has 0 spiro atoms. The molecular formula is C16H15N3O3. The zero-order valence-corrected chi connectivity index (χ0v) is 12.1. The Kier molecular flexibility index (Phi) is 5.07. The number of nitro groups is 1. The van der Waals surface area contributed by atoms with Gasteiger partial charge in [0.15, 0.2) is 0 Å². The van der Waals surface area contributed by atoms with Crippen molar-refractivity contribution in [2.45, 2.75) is 13.2 Å². The van der Waals surface area contributed by atoms with Gasteiger partial charge in [-0.25, -0.2) is 0 Å². The van der Waals surface area contributed by atoms with E-state index in [-0.39, 0.29) is 11.3 Å². The molecule has 6 heteroatoms. The third-order valence-electron chi connectivity index (χ3n) is 3.21. The van der Waals surface area contributed by atoms with Crippen molar-refractivity contribution in [3.63, 3.8) is 0 Å². The van der Waals surface area contributed by atoms with Crippen LogP contribution in [0, 0.1) is 21.4 Å². The first-order valence-corrected chi connectivity index (χ1v) is 6.64. The highest BCUT2D eigenvalue weighted by molar-refractivity contribution is 5.64. The van der Waals surface area contributed by atoms with Crippen LogP contribution in [0.15, 0.2) is 42.5 Å². The predicted molar refractivity (Wildman–Crippen MR) is 82.3 cm³/mol. The smallest absolute Gasteiger partial charge is 0.293 e. The van der Waals surface area contributed by atoms with Crippen molar-refractivity contribution in [3.05, 3.63) is 69.3 Å². The molecule has 112 valence electrons. The van der Waals surface area contributed by atoms with E-state index in [1.807, 2.05) is 30.3 Å². The van der Waals surface area contributed by atoms with Crippen LogP contribution in [-0.4, -0.2) is 12.0 Å². The number of hydrogen-bond acceptors (Lipinski definition) is 5.